The van der Waals surface area contributed by atoms with Crippen molar-refractivity contribution in [3.63, 3.8) is 0 Å². The van der Waals surface area contributed by atoms with Gasteiger partial charge in [-0.05, 0) is 19.1 Å². The lowest BCUT2D eigenvalue weighted by atomic mass is 10.1. The van der Waals surface area contributed by atoms with E-state index in [1.807, 2.05) is 6.92 Å². The lowest BCUT2D eigenvalue weighted by Gasteiger charge is -2.36. The molecular weight excluding hydrogens is 340 g/mol. The first-order chi connectivity index (χ1) is 10.0. The number of nitro benzene ring substituents is 1. The van der Waals surface area contributed by atoms with E-state index in [-0.39, 0.29) is 11.6 Å². The molecule has 1 heterocycles. The van der Waals surface area contributed by atoms with E-state index in [0.717, 1.165) is 4.47 Å². The molecule has 7 nitrogen and oxygen atoms in total. The first-order valence-electron chi connectivity index (χ1n) is 6.73. The summed E-state index contributed by atoms with van der Waals surface area (Å²) in [5.74, 6) is -0.126. The Hall–Kier alpha value is -1.67. The Labute approximate surface area is 131 Å². The predicted molar refractivity (Wildman–Crippen MR) is 83.5 cm³/mol. The highest BCUT2D eigenvalue weighted by molar-refractivity contribution is 9.10. The standard InChI is InChI=1S/C13H17BrN4O3/c1-2-16-13(19)12-8-15-5-6-17(12)11-7-9(14)3-4-10(11)18(20)21/h3-4,7,12,15H,2,5-6,8H2,1H3,(H,16,19). The van der Waals surface area contributed by atoms with Crippen molar-refractivity contribution in [3.8, 4) is 0 Å². The largest absolute Gasteiger partial charge is 0.355 e. The van der Waals surface area contributed by atoms with Gasteiger partial charge in [0, 0.05) is 36.7 Å². The van der Waals surface area contributed by atoms with Crippen LogP contribution in [0.4, 0.5) is 11.4 Å². The van der Waals surface area contributed by atoms with E-state index in [1.54, 1.807) is 17.0 Å². The van der Waals surface area contributed by atoms with Crippen molar-refractivity contribution in [1.82, 2.24) is 10.6 Å². The molecule has 0 aromatic heterocycles. The molecule has 0 aliphatic carbocycles. The third-order valence-corrected chi connectivity index (χ3v) is 3.83. The van der Waals surface area contributed by atoms with Gasteiger partial charge in [0.15, 0.2) is 0 Å². The predicted octanol–water partition coefficient (Wildman–Crippen LogP) is 1.27. The summed E-state index contributed by atoms with van der Waals surface area (Å²) < 4.78 is 0.747. The maximum absolute atomic E-state index is 12.2. The van der Waals surface area contributed by atoms with Crippen molar-refractivity contribution >= 4 is 33.2 Å². The van der Waals surface area contributed by atoms with Crippen LogP contribution >= 0.6 is 15.9 Å². The molecule has 1 unspecified atom stereocenters. The van der Waals surface area contributed by atoms with E-state index in [0.29, 0.717) is 31.9 Å². The van der Waals surface area contributed by atoms with Crippen LogP contribution in [0, 0.1) is 10.1 Å². The van der Waals surface area contributed by atoms with Gasteiger partial charge in [-0.1, -0.05) is 15.9 Å². The molecule has 1 amide bonds. The summed E-state index contributed by atoms with van der Waals surface area (Å²) in [5.41, 5.74) is 0.474. The monoisotopic (exact) mass is 356 g/mol. The van der Waals surface area contributed by atoms with E-state index in [4.69, 9.17) is 0 Å². The van der Waals surface area contributed by atoms with Crippen LogP contribution in [0.3, 0.4) is 0 Å². The maximum atomic E-state index is 12.2. The molecule has 1 aliphatic heterocycles. The van der Waals surface area contributed by atoms with Gasteiger partial charge in [0.05, 0.1) is 4.92 Å². The molecule has 0 radical (unpaired) electrons. The van der Waals surface area contributed by atoms with Crippen molar-refractivity contribution < 1.29 is 9.72 Å². The highest BCUT2D eigenvalue weighted by Gasteiger charge is 2.32. The number of rotatable bonds is 4. The van der Waals surface area contributed by atoms with Crippen LogP contribution in [-0.4, -0.2) is 43.1 Å². The normalized spacial score (nSPS) is 18.4. The zero-order valence-electron chi connectivity index (χ0n) is 11.6. The van der Waals surface area contributed by atoms with E-state index < -0.39 is 11.0 Å². The first kappa shape index (κ1) is 15.7. The topological polar surface area (TPSA) is 87.5 Å². The Morgan fingerprint density at radius 1 is 1.62 bits per heavy atom. The van der Waals surface area contributed by atoms with Crippen LogP contribution in [-0.2, 0) is 4.79 Å². The molecule has 21 heavy (non-hydrogen) atoms. The lowest BCUT2D eigenvalue weighted by Crippen LogP contribution is -2.58. The van der Waals surface area contributed by atoms with Gasteiger partial charge in [0.25, 0.3) is 5.69 Å². The van der Waals surface area contributed by atoms with Gasteiger partial charge in [-0.15, -0.1) is 0 Å². The van der Waals surface area contributed by atoms with Gasteiger partial charge < -0.3 is 15.5 Å². The number of amides is 1. The number of anilines is 1. The average Bonchev–Trinajstić information content (AvgIpc) is 2.47. The third kappa shape index (κ3) is 3.51. The Morgan fingerprint density at radius 3 is 3.05 bits per heavy atom. The number of benzene rings is 1. The summed E-state index contributed by atoms with van der Waals surface area (Å²) in [5, 5.41) is 17.2. The second-order valence-corrected chi connectivity index (χ2v) is 5.61. The van der Waals surface area contributed by atoms with Crippen LogP contribution < -0.4 is 15.5 Å². The highest BCUT2D eigenvalue weighted by atomic mass is 79.9. The molecular formula is C13H17BrN4O3. The maximum Gasteiger partial charge on any atom is 0.292 e. The van der Waals surface area contributed by atoms with Gasteiger partial charge in [-0.2, -0.15) is 0 Å². The van der Waals surface area contributed by atoms with Crippen LogP contribution in [0.15, 0.2) is 22.7 Å². The SMILES string of the molecule is CCNC(=O)C1CNCCN1c1cc(Br)ccc1[N+](=O)[O-]. The minimum absolute atomic E-state index is 0.00870. The molecule has 1 aromatic carbocycles. The fourth-order valence-electron chi connectivity index (χ4n) is 2.40. The molecule has 0 bridgehead atoms. The Morgan fingerprint density at radius 2 is 2.38 bits per heavy atom. The quantitative estimate of drug-likeness (QED) is 0.626. The second kappa shape index (κ2) is 6.86. The molecule has 8 heteroatoms. The molecule has 1 fully saturated rings. The highest BCUT2D eigenvalue weighted by Crippen LogP contribution is 2.32. The van der Waals surface area contributed by atoms with Gasteiger partial charge in [-0.3, -0.25) is 14.9 Å². The number of halogens is 1. The number of nitro groups is 1. The van der Waals surface area contributed by atoms with Gasteiger partial charge in [-0.25, -0.2) is 0 Å². The molecule has 1 aliphatic rings. The smallest absolute Gasteiger partial charge is 0.292 e. The molecule has 1 saturated heterocycles. The van der Waals surface area contributed by atoms with Crippen LogP contribution in [0.2, 0.25) is 0 Å². The van der Waals surface area contributed by atoms with E-state index in [9.17, 15) is 14.9 Å². The fourth-order valence-corrected chi connectivity index (χ4v) is 2.75. The number of nitrogens with zero attached hydrogens (tertiary/aromatic N) is 2. The molecule has 114 valence electrons. The van der Waals surface area contributed by atoms with Crippen molar-refractivity contribution in [2.24, 2.45) is 0 Å². The Kier molecular flexibility index (Phi) is 5.13. The molecule has 1 aromatic rings. The number of hydrogen-bond acceptors (Lipinski definition) is 5. The molecule has 1 atom stereocenters. The van der Waals surface area contributed by atoms with E-state index >= 15 is 0 Å². The number of piperazine rings is 1. The van der Waals surface area contributed by atoms with Crippen molar-refractivity contribution in [2.45, 2.75) is 13.0 Å². The molecule has 0 saturated carbocycles. The fraction of sp³-hybridized carbons (Fsp3) is 0.462. The first-order valence-corrected chi connectivity index (χ1v) is 7.53. The summed E-state index contributed by atoms with van der Waals surface area (Å²) in [6.45, 7) is 4.07. The number of hydrogen-bond donors (Lipinski definition) is 2. The summed E-state index contributed by atoms with van der Waals surface area (Å²) >= 11 is 3.33. The zero-order valence-corrected chi connectivity index (χ0v) is 13.2. The van der Waals surface area contributed by atoms with Gasteiger partial charge >= 0.3 is 0 Å². The molecule has 0 spiro atoms. The summed E-state index contributed by atoms with van der Waals surface area (Å²) in [7, 11) is 0. The minimum atomic E-state index is -0.452. The third-order valence-electron chi connectivity index (χ3n) is 3.34. The minimum Gasteiger partial charge on any atom is -0.355 e. The molecule has 2 rings (SSSR count). The average molecular weight is 357 g/mol. The van der Waals surface area contributed by atoms with Gasteiger partial charge in [0.2, 0.25) is 5.91 Å². The van der Waals surface area contributed by atoms with E-state index in [1.165, 1.54) is 6.07 Å². The second-order valence-electron chi connectivity index (χ2n) is 4.70. The van der Waals surface area contributed by atoms with Crippen molar-refractivity contribution in [1.29, 1.82) is 0 Å². The molecule has 2 N–H and O–H groups in total. The Balaban J connectivity index is 2.39. The van der Waals surface area contributed by atoms with Crippen molar-refractivity contribution in [3.05, 3.63) is 32.8 Å². The summed E-state index contributed by atoms with van der Waals surface area (Å²) in [4.78, 5) is 24.8. The number of carbonyl (C=O) groups excluding carboxylic acids is 1. The van der Waals surface area contributed by atoms with Crippen LogP contribution in [0.5, 0.6) is 0 Å². The zero-order chi connectivity index (χ0) is 15.4. The Bertz CT molecular complexity index is 552. The number of nitrogens with one attached hydrogen (secondary N) is 2. The number of carbonyl (C=O) groups is 1. The van der Waals surface area contributed by atoms with E-state index in [2.05, 4.69) is 26.6 Å². The van der Waals surface area contributed by atoms with Crippen LogP contribution in [0.1, 0.15) is 6.92 Å². The van der Waals surface area contributed by atoms with Crippen LogP contribution in [0.25, 0.3) is 0 Å². The summed E-state index contributed by atoms with van der Waals surface area (Å²) in [6, 6.07) is 4.32. The summed E-state index contributed by atoms with van der Waals surface area (Å²) in [6.07, 6.45) is 0. The number of likely N-dealkylation sites (N-methyl/N-ethyl adjacent to an activating group) is 1. The van der Waals surface area contributed by atoms with Gasteiger partial charge in [0.1, 0.15) is 11.7 Å². The van der Waals surface area contributed by atoms with Crippen molar-refractivity contribution in [2.75, 3.05) is 31.1 Å². The lowest BCUT2D eigenvalue weighted by molar-refractivity contribution is -0.384.